The third-order valence-electron chi connectivity index (χ3n) is 6.24. The van der Waals surface area contributed by atoms with Gasteiger partial charge in [0.15, 0.2) is 0 Å². The summed E-state index contributed by atoms with van der Waals surface area (Å²) in [5.41, 5.74) is 2.41. The van der Waals surface area contributed by atoms with Gasteiger partial charge < -0.3 is 14.2 Å². The van der Waals surface area contributed by atoms with E-state index in [4.69, 9.17) is 9.72 Å². The lowest BCUT2D eigenvalue weighted by Crippen LogP contribution is -2.40. The number of carbonyl (C=O) groups is 1. The highest BCUT2D eigenvalue weighted by molar-refractivity contribution is 7.89. The number of morpholine rings is 1. The smallest absolute Gasteiger partial charge is 0.243 e. The molecule has 0 spiro atoms. The molecule has 9 heteroatoms. The molecule has 0 unspecified atom stereocenters. The maximum absolute atomic E-state index is 13.2. The molecular weight excluding hydrogens is 464 g/mol. The number of carbonyl (C=O) groups excluding carboxylic acids is 1. The van der Waals surface area contributed by atoms with Crippen LogP contribution < -0.4 is 4.90 Å². The van der Waals surface area contributed by atoms with Crippen molar-refractivity contribution in [1.82, 2.24) is 13.9 Å². The van der Waals surface area contributed by atoms with Crippen molar-refractivity contribution in [2.24, 2.45) is 0 Å². The molecule has 1 saturated heterocycles. The summed E-state index contributed by atoms with van der Waals surface area (Å²) in [7, 11) is -3.60. The van der Waals surface area contributed by atoms with Gasteiger partial charge in [-0.1, -0.05) is 25.1 Å². The van der Waals surface area contributed by atoms with E-state index in [1.54, 1.807) is 12.1 Å². The van der Waals surface area contributed by atoms with E-state index in [-0.39, 0.29) is 16.8 Å². The van der Waals surface area contributed by atoms with Crippen molar-refractivity contribution >= 4 is 32.7 Å². The van der Waals surface area contributed by atoms with Crippen LogP contribution in [0.1, 0.15) is 39.4 Å². The van der Waals surface area contributed by atoms with Crippen molar-refractivity contribution < 1.29 is 17.9 Å². The summed E-state index contributed by atoms with van der Waals surface area (Å²) in [6.07, 6.45) is 1.70. The fourth-order valence-corrected chi connectivity index (χ4v) is 6.01. The van der Waals surface area contributed by atoms with Gasteiger partial charge in [0, 0.05) is 44.2 Å². The first-order valence-electron chi connectivity index (χ1n) is 12.3. The van der Waals surface area contributed by atoms with Gasteiger partial charge in [-0.2, -0.15) is 4.31 Å². The maximum atomic E-state index is 13.2. The number of nitrogens with zero attached hydrogens (tertiary/aromatic N) is 4. The first kappa shape index (κ1) is 25.3. The number of imidazole rings is 1. The van der Waals surface area contributed by atoms with Crippen molar-refractivity contribution in [3.8, 4) is 0 Å². The lowest BCUT2D eigenvalue weighted by atomic mass is 10.2. The van der Waals surface area contributed by atoms with Gasteiger partial charge in [-0.15, -0.1) is 0 Å². The fraction of sp³-hybridized carbons (Fsp3) is 0.462. The number of benzene rings is 2. The van der Waals surface area contributed by atoms with Crippen LogP contribution in [-0.4, -0.2) is 60.5 Å². The second-order valence-electron chi connectivity index (χ2n) is 9.04. The number of rotatable bonds is 9. The van der Waals surface area contributed by atoms with Crippen LogP contribution in [0, 0.1) is 0 Å². The molecule has 188 valence electrons. The van der Waals surface area contributed by atoms with Crippen LogP contribution in [0.2, 0.25) is 0 Å². The lowest BCUT2D eigenvalue weighted by molar-refractivity contribution is -0.119. The normalized spacial score (nSPS) is 15.1. The highest BCUT2D eigenvalue weighted by atomic mass is 32.2. The van der Waals surface area contributed by atoms with Gasteiger partial charge in [-0.25, -0.2) is 13.4 Å². The molecule has 1 aromatic heterocycles. The minimum Gasteiger partial charge on any atom is -0.379 e. The van der Waals surface area contributed by atoms with E-state index in [0.717, 1.165) is 30.0 Å². The average molecular weight is 499 g/mol. The molecule has 0 radical (unpaired) electrons. The zero-order valence-electron chi connectivity index (χ0n) is 20.7. The highest BCUT2D eigenvalue weighted by Gasteiger charge is 2.27. The van der Waals surface area contributed by atoms with E-state index in [2.05, 4.69) is 11.5 Å². The molecule has 0 aliphatic carbocycles. The molecule has 1 fully saturated rings. The molecule has 1 aliphatic rings. The number of hydrogen-bond donors (Lipinski definition) is 0. The number of aryl methyl sites for hydroxylation is 2. The zero-order valence-corrected chi connectivity index (χ0v) is 21.5. The van der Waals surface area contributed by atoms with Gasteiger partial charge in [-0.3, -0.25) is 4.79 Å². The van der Waals surface area contributed by atoms with Gasteiger partial charge in [-0.05, 0) is 50.6 Å². The third kappa shape index (κ3) is 5.42. The van der Waals surface area contributed by atoms with Gasteiger partial charge in [0.1, 0.15) is 5.82 Å². The van der Waals surface area contributed by atoms with Gasteiger partial charge >= 0.3 is 0 Å². The third-order valence-corrected chi connectivity index (χ3v) is 8.13. The van der Waals surface area contributed by atoms with E-state index in [1.165, 1.54) is 4.31 Å². The van der Waals surface area contributed by atoms with Crippen LogP contribution in [0.3, 0.4) is 0 Å². The summed E-state index contributed by atoms with van der Waals surface area (Å²) in [6, 6.07) is 14.9. The van der Waals surface area contributed by atoms with E-state index in [9.17, 15) is 13.2 Å². The predicted octanol–water partition coefficient (Wildman–Crippen LogP) is 3.84. The van der Waals surface area contributed by atoms with Crippen LogP contribution >= 0.6 is 0 Å². The number of sulfonamides is 1. The van der Waals surface area contributed by atoms with Gasteiger partial charge in [0.25, 0.3) is 0 Å². The molecule has 2 aromatic carbocycles. The Morgan fingerprint density at radius 3 is 2.49 bits per heavy atom. The summed E-state index contributed by atoms with van der Waals surface area (Å²) in [5, 5.41) is 0. The standard InChI is InChI=1S/C26H34N4O4S/c1-4-14-29-24-11-10-22(35(32,33)28-15-17-34-18-16-28)19-23(24)27-25(29)12-13-26(31)30(20(2)3)21-8-6-5-7-9-21/h5-11,19-20H,4,12-18H2,1-3H3. The van der Waals surface area contributed by atoms with Gasteiger partial charge in [0.05, 0.1) is 29.1 Å². The molecule has 0 N–H and O–H groups in total. The molecule has 1 aliphatic heterocycles. The Balaban J connectivity index is 1.59. The molecule has 0 atom stereocenters. The number of fused-ring (bicyclic) bond motifs is 1. The average Bonchev–Trinajstić information content (AvgIpc) is 3.20. The quantitative estimate of drug-likeness (QED) is 0.448. The summed E-state index contributed by atoms with van der Waals surface area (Å²) < 4.78 is 35.1. The molecule has 35 heavy (non-hydrogen) atoms. The molecular formula is C26H34N4O4S. The number of para-hydroxylation sites is 1. The second-order valence-corrected chi connectivity index (χ2v) is 11.0. The molecule has 3 aromatic rings. The largest absolute Gasteiger partial charge is 0.379 e. The number of hydrogen-bond acceptors (Lipinski definition) is 5. The van der Waals surface area contributed by atoms with Crippen LogP contribution in [-0.2, 0) is 32.5 Å². The van der Waals surface area contributed by atoms with E-state index in [1.807, 2.05) is 55.1 Å². The summed E-state index contributed by atoms with van der Waals surface area (Å²) in [6.45, 7) is 8.37. The van der Waals surface area contributed by atoms with E-state index < -0.39 is 10.0 Å². The Bertz CT molecular complexity index is 1270. The Kier molecular flexibility index (Phi) is 7.88. The first-order valence-corrected chi connectivity index (χ1v) is 13.7. The second kappa shape index (κ2) is 10.9. The van der Waals surface area contributed by atoms with E-state index >= 15 is 0 Å². The Hall–Kier alpha value is -2.75. The summed E-state index contributed by atoms with van der Waals surface area (Å²) >= 11 is 0. The number of ether oxygens (including phenoxy) is 1. The van der Waals surface area contributed by atoms with Crippen molar-refractivity contribution in [3.63, 3.8) is 0 Å². The predicted molar refractivity (Wildman–Crippen MR) is 137 cm³/mol. The minimum absolute atomic E-state index is 0.0345. The summed E-state index contributed by atoms with van der Waals surface area (Å²) in [5.74, 6) is 0.838. The zero-order chi connectivity index (χ0) is 25.0. The van der Waals surface area contributed by atoms with Crippen molar-refractivity contribution in [3.05, 3.63) is 54.4 Å². The Morgan fingerprint density at radius 1 is 1.11 bits per heavy atom. The monoisotopic (exact) mass is 498 g/mol. The summed E-state index contributed by atoms with van der Waals surface area (Å²) in [4.78, 5) is 20.0. The molecule has 1 amide bonds. The lowest BCUT2D eigenvalue weighted by Gasteiger charge is -2.27. The molecule has 0 saturated carbocycles. The van der Waals surface area contributed by atoms with Crippen LogP contribution in [0.5, 0.6) is 0 Å². The highest BCUT2D eigenvalue weighted by Crippen LogP contribution is 2.25. The minimum atomic E-state index is -3.60. The van der Waals surface area contributed by atoms with Crippen molar-refractivity contribution in [2.75, 3.05) is 31.2 Å². The SMILES string of the molecule is CCCn1c(CCC(=O)N(c2ccccc2)C(C)C)nc2cc(S(=O)(=O)N3CCOCC3)ccc21. The molecule has 0 bridgehead atoms. The first-order chi connectivity index (χ1) is 16.8. The molecule has 8 nitrogen and oxygen atoms in total. The number of amides is 1. The Labute approximate surface area is 207 Å². The Morgan fingerprint density at radius 2 is 1.83 bits per heavy atom. The number of aromatic nitrogens is 2. The van der Waals surface area contributed by atoms with Crippen molar-refractivity contribution in [2.45, 2.75) is 57.5 Å². The van der Waals surface area contributed by atoms with Crippen LogP contribution in [0.25, 0.3) is 11.0 Å². The van der Waals surface area contributed by atoms with Crippen LogP contribution in [0.15, 0.2) is 53.4 Å². The van der Waals surface area contributed by atoms with Crippen LogP contribution in [0.4, 0.5) is 5.69 Å². The van der Waals surface area contributed by atoms with E-state index in [0.29, 0.717) is 44.7 Å². The molecule has 4 rings (SSSR count). The van der Waals surface area contributed by atoms with Gasteiger partial charge in [0.2, 0.25) is 15.9 Å². The number of anilines is 1. The topological polar surface area (TPSA) is 84.7 Å². The molecule has 2 heterocycles. The maximum Gasteiger partial charge on any atom is 0.243 e. The van der Waals surface area contributed by atoms with Crippen molar-refractivity contribution in [1.29, 1.82) is 0 Å². The fourth-order valence-electron chi connectivity index (χ4n) is 4.58.